The zero-order valence-corrected chi connectivity index (χ0v) is 10.1. The number of benzene rings is 2. The molecule has 0 heterocycles. The summed E-state index contributed by atoms with van der Waals surface area (Å²) in [6, 6.07) is 11.8. The Labute approximate surface area is 104 Å². The summed E-state index contributed by atoms with van der Waals surface area (Å²) >= 11 is 5.98. The minimum atomic E-state index is -1.04. The molecule has 1 atom stereocenters. The van der Waals surface area contributed by atoms with Crippen LogP contribution in [0.3, 0.4) is 0 Å². The van der Waals surface area contributed by atoms with Gasteiger partial charge in [-0.3, -0.25) is 0 Å². The number of hydrogen-bond donors (Lipinski definition) is 1. The standard InChI is InChI=1S/C14H12ClFO/c1-9-5-4-7-11(13(9)16)14(17)10-6-2-3-8-12(10)15/h2-8,14,17H,1H3. The maximum absolute atomic E-state index is 13.9. The monoisotopic (exact) mass is 250 g/mol. The highest BCUT2D eigenvalue weighted by Crippen LogP contribution is 2.30. The number of aliphatic hydroxyl groups is 1. The third-order valence-electron chi connectivity index (χ3n) is 2.72. The van der Waals surface area contributed by atoms with Gasteiger partial charge in [-0.05, 0) is 18.6 Å². The first kappa shape index (κ1) is 12.1. The number of halogens is 2. The molecule has 3 heteroatoms. The second kappa shape index (κ2) is 4.86. The summed E-state index contributed by atoms with van der Waals surface area (Å²) in [5.41, 5.74) is 1.27. The summed E-state index contributed by atoms with van der Waals surface area (Å²) in [5.74, 6) is -0.389. The smallest absolute Gasteiger partial charge is 0.132 e. The summed E-state index contributed by atoms with van der Waals surface area (Å²) < 4.78 is 13.9. The lowest BCUT2D eigenvalue weighted by Gasteiger charge is -2.14. The number of hydrogen-bond acceptors (Lipinski definition) is 1. The Morgan fingerprint density at radius 1 is 1.06 bits per heavy atom. The Balaban J connectivity index is 2.48. The van der Waals surface area contributed by atoms with Crippen molar-refractivity contribution in [1.29, 1.82) is 0 Å². The van der Waals surface area contributed by atoms with E-state index in [9.17, 15) is 9.50 Å². The molecule has 2 aromatic rings. The minimum absolute atomic E-state index is 0.248. The molecule has 88 valence electrons. The normalized spacial score (nSPS) is 12.5. The van der Waals surface area contributed by atoms with Gasteiger partial charge in [-0.1, -0.05) is 48.0 Å². The quantitative estimate of drug-likeness (QED) is 0.858. The molecule has 2 rings (SSSR count). The van der Waals surface area contributed by atoms with Gasteiger partial charge in [-0.2, -0.15) is 0 Å². The van der Waals surface area contributed by atoms with E-state index < -0.39 is 6.10 Å². The SMILES string of the molecule is Cc1cccc(C(O)c2ccccc2Cl)c1F. The fourth-order valence-corrected chi connectivity index (χ4v) is 1.98. The number of aliphatic hydroxyl groups excluding tert-OH is 1. The molecule has 17 heavy (non-hydrogen) atoms. The van der Waals surface area contributed by atoms with Crippen LogP contribution in [0.1, 0.15) is 22.8 Å². The van der Waals surface area contributed by atoms with Crippen LogP contribution < -0.4 is 0 Å². The van der Waals surface area contributed by atoms with Crippen molar-refractivity contribution in [3.8, 4) is 0 Å². The average molecular weight is 251 g/mol. The van der Waals surface area contributed by atoms with E-state index in [0.29, 0.717) is 16.1 Å². The molecule has 0 aromatic heterocycles. The molecule has 0 aliphatic heterocycles. The molecule has 2 aromatic carbocycles. The molecule has 0 radical (unpaired) electrons. The molecule has 0 saturated carbocycles. The first-order valence-corrected chi connectivity index (χ1v) is 5.66. The number of rotatable bonds is 2. The van der Waals surface area contributed by atoms with Gasteiger partial charge in [-0.15, -0.1) is 0 Å². The molecular weight excluding hydrogens is 239 g/mol. The van der Waals surface area contributed by atoms with Gasteiger partial charge in [0.25, 0.3) is 0 Å². The van der Waals surface area contributed by atoms with Gasteiger partial charge in [0.15, 0.2) is 0 Å². The van der Waals surface area contributed by atoms with E-state index in [1.54, 1.807) is 49.4 Å². The second-order valence-corrected chi connectivity index (χ2v) is 4.31. The zero-order valence-electron chi connectivity index (χ0n) is 9.32. The van der Waals surface area contributed by atoms with E-state index in [2.05, 4.69) is 0 Å². The van der Waals surface area contributed by atoms with Crippen LogP contribution in [0.25, 0.3) is 0 Å². The lowest BCUT2D eigenvalue weighted by Crippen LogP contribution is -2.04. The van der Waals surface area contributed by atoms with Gasteiger partial charge in [0, 0.05) is 16.1 Å². The fraction of sp³-hybridized carbons (Fsp3) is 0.143. The predicted octanol–water partition coefficient (Wildman–Crippen LogP) is 3.87. The van der Waals surface area contributed by atoms with Crippen molar-refractivity contribution in [2.45, 2.75) is 13.0 Å². The Hall–Kier alpha value is -1.38. The van der Waals surface area contributed by atoms with E-state index in [4.69, 9.17) is 11.6 Å². The van der Waals surface area contributed by atoms with Crippen molar-refractivity contribution < 1.29 is 9.50 Å². The van der Waals surface area contributed by atoms with Gasteiger partial charge in [-0.25, -0.2) is 4.39 Å². The van der Waals surface area contributed by atoms with E-state index in [1.165, 1.54) is 0 Å². The van der Waals surface area contributed by atoms with Crippen molar-refractivity contribution in [1.82, 2.24) is 0 Å². The van der Waals surface area contributed by atoms with Crippen molar-refractivity contribution in [3.63, 3.8) is 0 Å². The lowest BCUT2D eigenvalue weighted by atomic mass is 9.99. The summed E-state index contributed by atoms with van der Waals surface area (Å²) in [6.45, 7) is 1.66. The Kier molecular flexibility index (Phi) is 3.46. The molecule has 0 bridgehead atoms. The third-order valence-corrected chi connectivity index (χ3v) is 3.06. The summed E-state index contributed by atoms with van der Waals surface area (Å²) in [4.78, 5) is 0. The molecule has 1 N–H and O–H groups in total. The largest absolute Gasteiger partial charge is 0.383 e. The van der Waals surface area contributed by atoms with Crippen LogP contribution in [0.4, 0.5) is 4.39 Å². The van der Waals surface area contributed by atoms with Crippen LogP contribution >= 0.6 is 11.6 Å². The molecule has 0 aliphatic carbocycles. The minimum Gasteiger partial charge on any atom is -0.383 e. The van der Waals surface area contributed by atoms with Gasteiger partial charge >= 0.3 is 0 Å². The molecule has 1 unspecified atom stereocenters. The van der Waals surface area contributed by atoms with Crippen LogP contribution in [-0.2, 0) is 0 Å². The van der Waals surface area contributed by atoms with E-state index in [-0.39, 0.29) is 11.4 Å². The average Bonchev–Trinajstić information content (AvgIpc) is 2.32. The predicted molar refractivity (Wildman–Crippen MR) is 66.7 cm³/mol. The molecule has 0 fully saturated rings. The molecule has 0 spiro atoms. The molecule has 0 amide bonds. The van der Waals surface area contributed by atoms with Gasteiger partial charge in [0.2, 0.25) is 0 Å². The van der Waals surface area contributed by atoms with E-state index >= 15 is 0 Å². The molecular formula is C14H12ClFO. The van der Waals surface area contributed by atoms with Crippen LogP contribution in [0, 0.1) is 12.7 Å². The zero-order chi connectivity index (χ0) is 12.4. The van der Waals surface area contributed by atoms with Crippen molar-refractivity contribution in [2.75, 3.05) is 0 Å². The maximum Gasteiger partial charge on any atom is 0.132 e. The maximum atomic E-state index is 13.9. The Morgan fingerprint density at radius 2 is 1.71 bits per heavy atom. The Morgan fingerprint density at radius 3 is 2.41 bits per heavy atom. The van der Waals surface area contributed by atoms with Crippen molar-refractivity contribution in [3.05, 3.63) is 70.0 Å². The van der Waals surface area contributed by atoms with E-state index in [0.717, 1.165) is 0 Å². The van der Waals surface area contributed by atoms with Crippen LogP contribution in [0.2, 0.25) is 5.02 Å². The van der Waals surface area contributed by atoms with Crippen LogP contribution in [0.5, 0.6) is 0 Å². The highest BCUT2D eigenvalue weighted by molar-refractivity contribution is 6.31. The van der Waals surface area contributed by atoms with Crippen LogP contribution in [-0.4, -0.2) is 5.11 Å². The van der Waals surface area contributed by atoms with Crippen molar-refractivity contribution >= 4 is 11.6 Å². The first-order chi connectivity index (χ1) is 8.11. The van der Waals surface area contributed by atoms with Gasteiger partial charge in [0.1, 0.15) is 11.9 Å². The second-order valence-electron chi connectivity index (χ2n) is 3.90. The first-order valence-electron chi connectivity index (χ1n) is 5.28. The highest BCUT2D eigenvalue weighted by atomic mass is 35.5. The highest BCUT2D eigenvalue weighted by Gasteiger charge is 2.17. The molecule has 0 aliphatic rings. The molecule has 0 saturated heterocycles. The van der Waals surface area contributed by atoms with Crippen LogP contribution in [0.15, 0.2) is 42.5 Å². The lowest BCUT2D eigenvalue weighted by molar-refractivity contribution is 0.215. The van der Waals surface area contributed by atoms with Gasteiger partial charge in [0.05, 0.1) is 0 Å². The summed E-state index contributed by atoms with van der Waals surface area (Å²) in [7, 11) is 0. The number of aryl methyl sites for hydroxylation is 1. The fourth-order valence-electron chi connectivity index (χ4n) is 1.75. The summed E-state index contributed by atoms with van der Waals surface area (Å²) in [6.07, 6.45) is -1.04. The molecule has 1 nitrogen and oxygen atoms in total. The van der Waals surface area contributed by atoms with E-state index in [1.807, 2.05) is 0 Å². The van der Waals surface area contributed by atoms with Crippen molar-refractivity contribution in [2.24, 2.45) is 0 Å². The topological polar surface area (TPSA) is 20.2 Å². The Bertz CT molecular complexity index is 539. The third kappa shape index (κ3) is 2.33. The van der Waals surface area contributed by atoms with Gasteiger partial charge < -0.3 is 5.11 Å². The summed E-state index contributed by atoms with van der Waals surface area (Å²) in [5, 5.41) is 10.6.